The van der Waals surface area contributed by atoms with Gasteiger partial charge >= 0.3 is 5.97 Å². The van der Waals surface area contributed by atoms with Crippen LogP contribution in [0, 0.1) is 24.7 Å². The molecule has 3 aliphatic rings. The van der Waals surface area contributed by atoms with Crippen molar-refractivity contribution >= 4 is 23.5 Å². The van der Waals surface area contributed by atoms with E-state index in [2.05, 4.69) is 11.9 Å². The number of benzene rings is 1. The van der Waals surface area contributed by atoms with Gasteiger partial charge in [-0.3, -0.25) is 9.59 Å². The molecule has 5 atom stereocenters. The number of carbonyl (C=O) groups is 3. The van der Waals surface area contributed by atoms with E-state index in [1.807, 2.05) is 13.0 Å². The number of anilines is 1. The zero-order chi connectivity index (χ0) is 20.4. The Morgan fingerprint density at radius 3 is 2.55 bits per heavy atom. The number of fused-ring (bicyclic) bond motifs is 6. The fraction of sp³-hybridized carbons (Fsp3) is 0.435. The highest BCUT2D eigenvalue weighted by atomic mass is 16.4. The second kappa shape index (κ2) is 6.31. The third-order valence-electron chi connectivity index (χ3n) is 7.07. The molecule has 1 aromatic carbocycles. The number of aryl methyl sites for hydroxylation is 1. The van der Waals surface area contributed by atoms with Gasteiger partial charge in [0.05, 0.1) is 23.1 Å². The number of imide groups is 1. The summed E-state index contributed by atoms with van der Waals surface area (Å²) < 4.78 is 0. The zero-order valence-electron chi connectivity index (χ0n) is 16.5. The van der Waals surface area contributed by atoms with Gasteiger partial charge in [0.1, 0.15) is 0 Å². The Morgan fingerprint density at radius 1 is 1.14 bits per heavy atom. The van der Waals surface area contributed by atoms with E-state index < -0.39 is 11.9 Å². The minimum atomic E-state index is -1.03. The third kappa shape index (κ3) is 2.58. The monoisotopic (exact) mass is 392 g/mol. The summed E-state index contributed by atoms with van der Waals surface area (Å²) in [6.07, 6.45) is 3.13. The molecule has 2 aliphatic carbocycles. The molecule has 1 saturated carbocycles. The number of carboxylic acids is 1. The topological polar surface area (TPSA) is 90.5 Å². The number of carboxylic acid groups (broad SMARTS) is 1. The summed E-state index contributed by atoms with van der Waals surface area (Å²) in [6.45, 7) is 4.22. The Bertz CT molecular complexity index is 1020. The van der Waals surface area contributed by atoms with Crippen LogP contribution in [-0.4, -0.2) is 27.9 Å². The number of rotatable bonds is 2. The van der Waals surface area contributed by atoms with Gasteiger partial charge in [0.2, 0.25) is 11.8 Å². The number of amides is 2. The summed E-state index contributed by atoms with van der Waals surface area (Å²) in [5.41, 5.74) is 3.73. The molecule has 0 spiro atoms. The molecule has 1 unspecified atom stereocenters. The summed E-state index contributed by atoms with van der Waals surface area (Å²) in [6, 6.07) is 8.03. The number of nitrogens with one attached hydrogen (secondary N) is 1. The normalized spacial score (nSPS) is 30.7. The van der Waals surface area contributed by atoms with E-state index in [1.54, 1.807) is 12.1 Å². The average Bonchev–Trinajstić information content (AvgIpc) is 3.19. The lowest BCUT2D eigenvalue weighted by Crippen LogP contribution is -2.39. The van der Waals surface area contributed by atoms with Crippen LogP contribution >= 0.6 is 0 Å². The van der Waals surface area contributed by atoms with Gasteiger partial charge in [-0.1, -0.05) is 13.3 Å². The van der Waals surface area contributed by atoms with Crippen molar-refractivity contribution in [3.63, 3.8) is 0 Å². The number of carbonyl (C=O) groups excluding carboxylic acids is 2. The Balaban J connectivity index is 1.60. The lowest BCUT2D eigenvalue weighted by atomic mass is 9.60. The Morgan fingerprint density at radius 2 is 1.86 bits per heavy atom. The van der Waals surface area contributed by atoms with Crippen molar-refractivity contribution in [1.29, 1.82) is 0 Å². The number of hydrogen-bond acceptors (Lipinski definition) is 3. The number of nitrogens with zero attached hydrogens (tertiary/aromatic N) is 1. The lowest BCUT2D eigenvalue weighted by molar-refractivity contribution is -0.123. The lowest BCUT2D eigenvalue weighted by Gasteiger charge is -2.42. The van der Waals surface area contributed by atoms with Crippen LogP contribution in [0.25, 0.3) is 0 Å². The molecular formula is C23H24N2O4. The number of aromatic carboxylic acids is 1. The van der Waals surface area contributed by atoms with E-state index in [0.29, 0.717) is 17.5 Å². The van der Waals surface area contributed by atoms with Crippen molar-refractivity contribution in [3.8, 4) is 0 Å². The number of H-pyrrole nitrogens is 1. The molecule has 2 fully saturated rings. The van der Waals surface area contributed by atoms with Crippen LogP contribution in [0.1, 0.15) is 65.3 Å². The fourth-order valence-electron chi connectivity index (χ4n) is 5.83. The van der Waals surface area contributed by atoms with Gasteiger partial charge in [0.15, 0.2) is 0 Å². The maximum atomic E-state index is 13.5. The number of aromatic nitrogens is 1. The maximum Gasteiger partial charge on any atom is 0.335 e. The van der Waals surface area contributed by atoms with Crippen LogP contribution in [0.4, 0.5) is 5.69 Å². The summed E-state index contributed by atoms with van der Waals surface area (Å²) in [4.78, 5) is 42.9. The van der Waals surface area contributed by atoms with Gasteiger partial charge in [0.25, 0.3) is 0 Å². The summed E-state index contributed by atoms with van der Waals surface area (Å²) >= 11 is 0. The minimum Gasteiger partial charge on any atom is -0.478 e. The van der Waals surface area contributed by atoms with Gasteiger partial charge < -0.3 is 10.1 Å². The van der Waals surface area contributed by atoms with Crippen LogP contribution in [0.15, 0.2) is 30.3 Å². The Hall–Kier alpha value is -2.89. The Labute approximate surface area is 168 Å². The quantitative estimate of drug-likeness (QED) is 0.760. The van der Waals surface area contributed by atoms with Crippen molar-refractivity contribution in [2.24, 2.45) is 17.8 Å². The molecule has 1 saturated heterocycles. The van der Waals surface area contributed by atoms with E-state index in [9.17, 15) is 14.4 Å². The molecule has 6 heteroatoms. The molecule has 0 bridgehead atoms. The van der Waals surface area contributed by atoms with Crippen LogP contribution < -0.4 is 4.90 Å². The van der Waals surface area contributed by atoms with Crippen molar-refractivity contribution < 1.29 is 19.5 Å². The average molecular weight is 392 g/mol. The van der Waals surface area contributed by atoms with Gasteiger partial charge in [-0.25, -0.2) is 9.69 Å². The first-order valence-corrected chi connectivity index (χ1v) is 10.3. The standard InChI is InChI=1S/C23H24N2O4/c1-11-3-8-15-16(9-11)18-19(17-10-12(2)24-20(15)17)22(27)25(21(18)26)14-6-4-13(5-7-14)23(28)29/h4-7,10-11,15-16,18-19,24H,3,8-9H2,1-2H3,(H,28,29)/t11?,15-,16+,18+,19-/m1/s1. The smallest absolute Gasteiger partial charge is 0.335 e. The van der Waals surface area contributed by atoms with E-state index in [1.165, 1.54) is 17.0 Å². The summed E-state index contributed by atoms with van der Waals surface area (Å²) in [5, 5.41) is 9.13. The molecule has 2 N–H and O–H groups in total. The Kier molecular flexibility index (Phi) is 3.95. The molecule has 2 amide bonds. The second-order valence-corrected chi connectivity index (χ2v) is 8.88. The molecule has 5 rings (SSSR count). The molecule has 0 radical (unpaired) electrons. The van der Waals surface area contributed by atoms with Crippen molar-refractivity contribution in [3.05, 3.63) is 52.8 Å². The van der Waals surface area contributed by atoms with Crippen LogP contribution in [0.5, 0.6) is 0 Å². The highest BCUT2D eigenvalue weighted by molar-refractivity contribution is 6.24. The van der Waals surface area contributed by atoms with Crippen molar-refractivity contribution in [2.75, 3.05) is 4.90 Å². The van der Waals surface area contributed by atoms with Gasteiger partial charge in [-0.05, 0) is 67.5 Å². The van der Waals surface area contributed by atoms with Crippen molar-refractivity contribution in [1.82, 2.24) is 4.98 Å². The van der Waals surface area contributed by atoms with Crippen LogP contribution in [0.2, 0.25) is 0 Å². The summed E-state index contributed by atoms with van der Waals surface area (Å²) in [5.74, 6) is -1.16. The zero-order valence-corrected chi connectivity index (χ0v) is 16.5. The predicted molar refractivity (Wildman–Crippen MR) is 107 cm³/mol. The molecule has 1 aromatic heterocycles. The van der Waals surface area contributed by atoms with Crippen LogP contribution in [0.3, 0.4) is 0 Å². The SMILES string of the molecule is Cc1cc2c([nH]1)[C@@H]1CCC(C)C[C@@H]1[C@@H]1C(=O)N(c3ccc(C(=O)O)cc3)C(=O)[C@H]21. The largest absolute Gasteiger partial charge is 0.478 e. The molecule has 6 nitrogen and oxygen atoms in total. The first-order valence-electron chi connectivity index (χ1n) is 10.3. The van der Waals surface area contributed by atoms with E-state index in [-0.39, 0.29) is 29.2 Å². The molecule has 2 aromatic rings. The molecule has 29 heavy (non-hydrogen) atoms. The molecule has 2 heterocycles. The van der Waals surface area contributed by atoms with Gasteiger partial charge in [-0.15, -0.1) is 0 Å². The minimum absolute atomic E-state index is 0.134. The third-order valence-corrected chi connectivity index (χ3v) is 7.07. The first-order chi connectivity index (χ1) is 13.9. The first kappa shape index (κ1) is 18.2. The van der Waals surface area contributed by atoms with Gasteiger partial charge in [0, 0.05) is 17.3 Å². The molecule has 150 valence electrons. The highest BCUT2D eigenvalue weighted by Gasteiger charge is 2.58. The van der Waals surface area contributed by atoms with E-state index >= 15 is 0 Å². The van der Waals surface area contributed by atoms with Gasteiger partial charge in [-0.2, -0.15) is 0 Å². The fourth-order valence-corrected chi connectivity index (χ4v) is 5.83. The molecular weight excluding hydrogens is 368 g/mol. The maximum absolute atomic E-state index is 13.5. The predicted octanol–water partition coefficient (Wildman–Crippen LogP) is 3.83. The van der Waals surface area contributed by atoms with Crippen LogP contribution in [-0.2, 0) is 9.59 Å². The van der Waals surface area contributed by atoms with Crippen molar-refractivity contribution in [2.45, 2.75) is 44.9 Å². The van der Waals surface area contributed by atoms with E-state index in [4.69, 9.17) is 5.11 Å². The highest BCUT2D eigenvalue weighted by Crippen LogP contribution is 2.57. The number of aromatic amines is 1. The number of hydrogen-bond donors (Lipinski definition) is 2. The second-order valence-electron chi connectivity index (χ2n) is 8.88. The van der Waals surface area contributed by atoms with E-state index in [0.717, 1.165) is 36.2 Å². The molecule has 1 aliphatic heterocycles. The summed E-state index contributed by atoms with van der Waals surface area (Å²) in [7, 11) is 0.